The normalized spacial score (nSPS) is 16.8. The van der Waals surface area contributed by atoms with E-state index in [0.717, 1.165) is 12.8 Å². The molecule has 1 saturated carbocycles. The van der Waals surface area contributed by atoms with Crippen LogP contribution in [0.4, 0.5) is 0 Å². The van der Waals surface area contributed by atoms with Gasteiger partial charge < -0.3 is 10.1 Å². The molecule has 0 saturated heterocycles. The predicted octanol–water partition coefficient (Wildman–Crippen LogP) is 3.67. The zero-order valence-corrected chi connectivity index (χ0v) is 12.1. The van der Waals surface area contributed by atoms with E-state index >= 15 is 0 Å². The van der Waals surface area contributed by atoms with Crippen LogP contribution in [0.15, 0.2) is 42.3 Å². The van der Waals surface area contributed by atoms with Gasteiger partial charge in [0.05, 0.1) is 6.61 Å². The molecule has 20 heavy (non-hydrogen) atoms. The minimum atomic E-state index is -0.0163. The number of hydrogen-bond acceptors (Lipinski definition) is 3. The quantitative estimate of drug-likeness (QED) is 0.488. The standard InChI is InChI=1S/C17H23NO2/c1-2-20-17(18-15-11-7-4-8-12-15)13-16(19)14-9-5-3-6-10-14/h3,5-6,9-10,13,15,18H,2,4,7-8,11-12H2,1H3/b17-13-. The van der Waals surface area contributed by atoms with Gasteiger partial charge in [-0.3, -0.25) is 4.79 Å². The van der Waals surface area contributed by atoms with Crippen LogP contribution in [0.1, 0.15) is 49.4 Å². The van der Waals surface area contributed by atoms with Gasteiger partial charge in [0.25, 0.3) is 0 Å². The van der Waals surface area contributed by atoms with E-state index in [-0.39, 0.29) is 5.78 Å². The Labute approximate surface area is 121 Å². The second-order valence-corrected chi connectivity index (χ2v) is 5.15. The highest BCUT2D eigenvalue weighted by atomic mass is 16.5. The van der Waals surface area contributed by atoms with Crippen LogP contribution in [0, 0.1) is 0 Å². The number of ketones is 1. The number of carbonyl (C=O) groups excluding carboxylic acids is 1. The minimum absolute atomic E-state index is 0.0163. The molecule has 1 fully saturated rings. The van der Waals surface area contributed by atoms with Crippen molar-refractivity contribution in [1.29, 1.82) is 0 Å². The first-order valence-electron chi connectivity index (χ1n) is 7.50. The number of rotatable bonds is 6. The third kappa shape index (κ3) is 4.41. The third-order valence-electron chi connectivity index (χ3n) is 3.57. The molecule has 2 rings (SSSR count). The van der Waals surface area contributed by atoms with E-state index < -0.39 is 0 Å². The Morgan fingerprint density at radius 2 is 1.95 bits per heavy atom. The van der Waals surface area contributed by atoms with Crippen LogP contribution in [-0.4, -0.2) is 18.4 Å². The average molecular weight is 273 g/mol. The fraction of sp³-hybridized carbons (Fsp3) is 0.471. The van der Waals surface area contributed by atoms with Crippen LogP contribution >= 0.6 is 0 Å². The third-order valence-corrected chi connectivity index (χ3v) is 3.57. The van der Waals surface area contributed by atoms with Crippen molar-refractivity contribution >= 4 is 5.78 Å². The van der Waals surface area contributed by atoms with Crippen molar-refractivity contribution in [2.75, 3.05) is 6.61 Å². The topological polar surface area (TPSA) is 38.3 Å². The maximum absolute atomic E-state index is 12.2. The molecule has 1 aromatic rings. The Kier molecular flexibility index (Phi) is 5.66. The molecular weight excluding hydrogens is 250 g/mol. The molecule has 0 radical (unpaired) electrons. The second-order valence-electron chi connectivity index (χ2n) is 5.15. The monoisotopic (exact) mass is 273 g/mol. The Morgan fingerprint density at radius 1 is 1.25 bits per heavy atom. The summed E-state index contributed by atoms with van der Waals surface area (Å²) in [5, 5.41) is 3.38. The Bertz CT molecular complexity index is 447. The number of carbonyl (C=O) groups is 1. The fourth-order valence-corrected chi connectivity index (χ4v) is 2.53. The first-order valence-corrected chi connectivity index (χ1v) is 7.50. The van der Waals surface area contributed by atoms with Gasteiger partial charge in [-0.15, -0.1) is 0 Å². The zero-order valence-electron chi connectivity index (χ0n) is 12.1. The largest absolute Gasteiger partial charge is 0.479 e. The fourth-order valence-electron chi connectivity index (χ4n) is 2.53. The van der Waals surface area contributed by atoms with Crippen LogP contribution in [0.25, 0.3) is 0 Å². The average Bonchev–Trinajstić information content (AvgIpc) is 2.49. The van der Waals surface area contributed by atoms with Crippen molar-refractivity contribution in [2.24, 2.45) is 0 Å². The van der Waals surface area contributed by atoms with Gasteiger partial charge in [-0.1, -0.05) is 49.6 Å². The lowest BCUT2D eigenvalue weighted by Crippen LogP contribution is -2.31. The summed E-state index contributed by atoms with van der Waals surface area (Å²) in [5.41, 5.74) is 0.690. The van der Waals surface area contributed by atoms with Gasteiger partial charge in [0.1, 0.15) is 0 Å². The Balaban J connectivity index is 2.02. The summed E-state index contributed by atoms with van der Waals surface area (Å²) >= 11 is 0. The van der Waals surface area contributed by atoms with Crippen molar-refractivity contribution in [3.63, 3.8) is 0 Å². The Morgan fingerprint density at radius 3 is 2.60 bits per heavy atom. The predicted molar refractivity (Wildman–Crippen MR) is 80.5 cm³/mol. The van der Waals surface area contributed by atoms with Gasteiger partial charge >= 0.3 is 0 Å². The molecule has 0 unspecified atom stereocenters. The SMILES string of the molecule is CCO/C(=C\C(=O)c1ccccc1)NC1CCCCC1. The number of benzene rings is 1. The minimum Gasteiger partial charge on any atom is -0.479 e. The lowest BCUT2D eigenvalue weighted by molar-refractivity contribution is 0.103. The first kappa shape index (κ1) is 14.6. The summed E-state index contributed by atoms with van der Waals surface area (Å²) in [5.74, 6) is 0.589. The molecule has 3 heteroatoms. The smallest absolute Gasteiger partial charge is 0.191 e. The molecule has 1 aromatic carbocycles. The van der Waals surface area contributed by atoms with Gasteiger partial charge in [-0.2, -0.15) is 0 Å². The van der Waals surface area contributed by atoms with E-state index in [4.69, 9.17) is 4.74 Å². The molecule has 0 atom stereocenters. The number of hydrogen-bond donors (Lipinski definition) is 1. The molecular formula is C17H23NO2. The zero-order chi connectivity index (χ0) is 14.2. The molecule has 0 aliphatic heterocycles. The maximum atomic E-state index is 12.2. The second kappa shape index (κ2) is 7.73. The van der Waals surface area contributed by atoms with Crippen LogP contribution in [0.5, 0.6) is 0 Å². The summed E-state index contributed by atoms with van der Waals surface area (Å²) in [6, 6.07) is 9.73. The summed E-state index contributed by atoms with van der Waals surface area (Å²) in [7, 11) is 0. The van der Waals surface area contributed by atoms with Crippen molar-refractivity contribution in [3.05, 3.63) is 47.9 Å². The van der Waals surface area contributed by atoms with E-state index in [1.807, 2.05) is 37.3 Å². The van der Waals surface area contributed by atoms with Crippen molar-refractivity contribution in [2.45, 2.75) is 45.1 Å². The van der Waals surface area contributed by atoms with E-state index in [1.165, 1.54) is 19.3 Å². The van der Waals surface area contributed by atoms with E-state index in [9.17, 15) is 4.79 Å². The van der Waals surface area contributed by atoms with Crippen LogP contribution < -0.4 is 5.32 Å². The molecule has 0 spiro atoms. The molecule has 3 nitrogen and oxygen atoms in total. The Hall–Kier alpha value is -1.77. The lowest BCUT2D eigenvalue weighted by Gasteiger charge is -2.24. The van der Waals surface area contributed by atoms with E-state index in [0.29, 0.717) is 24.1 Å². The highest BCUT2D eigenvalue weighted by molar-refractivity contribution is 6.04. The molecule has 0 amide bonds. The summed E-state index contributed by atoms with van der Waals surface area (Å²) < 4.78 is 5.57. The lowest BCUT2D eigenvalue weighted by atomic mass is 9.95. The molecule has 1 aliphatic rings. The number of nitrogens with one attached hydrogen (secondary N) is 1. The summed E-state index contributed by atoms with van der Waals surface area (Å²) in [6.07, 6.45) is 7.71. The van der Waals surface area contributed by atoms with Crippen LogP contribution in [0.3, 0.4) is 0 Å². The van der Waals surface area contributed by atoms with Crippen molar-refractivity contribution < 1.29 is 9.53 Å². The van der Waals surface area contributed by atoms with Crippen molar-refractivity contribution in [1.82, 2.24) is 5.32 Å². The molecule has 108 valence electrons. The summed E-state index contributed by atoms with van der Waals surface area (Å²) in [4.78, 5) is 12.2. The van der Waals surface area contributed by atoms with Crippen LogP contribution in [0.2, 0.25) is 0 Å². The van der Waals surface area contributed by atoms with E-state index in [1.54, 1.807) is 6.08 Å². The molecule has 1 N–H and O–H groups in total. The number of ether oxygens (including phenoxy) is 1. The molecule has 0 bridgehead atoms. The summed E-state index contributed by atoms with van der Waals surface area (Å²) in [6.45, 7) is 2.50. The number of allylic oxidation sites excluding steroid dienone is 1. The van der Waals surface area contributed by atoms with E-state index in [2.05, 4.69) is 5.32 Å². The maximum Gasteiger partial charge on any atom is 0.191 e. The highest BCUT2D eigenvalue weighted by Crippen LogP contribution is 2.18. The van der Waals surface area contributed by atoms with Gasteiger partial charge in [0.15, 0.2) is 11.7 Å². The van der Waals surface area contributed by atoms with Crippen LogP contribution in [-0.2, 0) is 4.74 Å². The molecule has 0 heterocycles. The first-order chi connectivity index (χ1) is 9.79. The highest BCUT2D eigenvalue weighted by Gasteiger charge is 2.15. The van der Waals surface area contributed by atoms with Gasteiger partial charge in [-0.05, 0) is 19.8 Å². The molecule has 0 aromatic heterocycles. The van der Waals surface area contributed by atoms with Gasteiger partial charge in [-0.25, -0.2) is 0 Å². The molecule has 1 aliphatic carbocycles. The van der Waals surface area contributed by atoms with Crippen molar-refractivity contribution in [3.8, 4) is 0 Å². The van der Waals surface area contributed by atoms with Gasteiger partial charge in [0, 0.05) is 17.7 Å². The van der Waals surface area contributed by atoms with Gasteiger partial charge in [0.2, 0.25) is 0 Å².